The zero-order chi connectivity index (χ0) is 17.0. The molecule has 3 rings (SSSR count). The second-order valence-corrected chi connectivity index (χ2v) is 6.14. The number of benzene rings is 1. The molecule has 1 amide bonds. The third kappa shape index (κ3) is 3.49. The highest BCUT2D eigenvalue weighted by Gasteiger charge is 2.38. The summed E-state index contributed by atoms with van der Waals surface area (Å²) >= 11 is 0. The number of nitrogens with zero attached hydrogens (tertiary/aromatic N) is 3. The molecule has 0 radical (unpaired) electrons. The number of aliphatic hydroxyl groups is 1. The van der Waals surface area contributed by atoms with Crippen LogP contribution in [0.2, 0.25) is 0 Å². The van der Waals surface area contributed by atoms with Gasteiger partial charge in [-0.1, -0.05) is 30.3 Å². The molecule has 0 spiro atoms. The van der Waals surface area contributed by atoms with E-state index in [2.05, 4.69) is 5.10 Å². The lowest BCUT2D eigenvalue weighted by molar-refractivity contribution is -0.123. The zero-order valence-electron chi connectivity index (χ0n) is 13.9. The van der Waals surface area contributed by atoms with Crippen molar-refractivity contribution < 1.29 is 14.6 Å². The van der Waals surface area contributed by atoms with Crippen molar-refractivity contribution >= 4 is 5.91 Å². The number of aromatic nitrogens is 2. The third-order valence-electron chi connectivity index (χ3n) is 4.38. The molecule has 2 heterocycles. The first kappa shape index (κ1) is 16.7. The van der Waals surface area contributed by atoms with Crippen molar-refractivity contribution in [2.24, 2.45) is 0 Å². The van der Waals surface area contributed by atoms with Crippen LogP contribution in [0, 0.1) is 0 Å². The highest BCUT2D eigenvalue weighted by molar-refractivity contribution is 5.92. The van der Waals surface area contributed by atoms with Crippen LogP contribution >= 0.6 is 0 Å². The van der Waals surface area contributed by atoms with Gasteiger partial charge in [-0.15, -0.1) is 0 Å². The molecule has 0 aliphatic carbocycles. The van der Waals surface area contributed by atoms with E-state index in [0.717, 1.165) is 12.1 Å². The Morgan fingerprint density at radius 2 is 2.12 bits per heavy atom. The Hall–Kier alpha value is -2.18. The van der Waals surface area contributed by atoms with E-state index < -0.39 is 5.60 Å². The van der Waals surface area contributed by atoms with E-state index in [0.29, 0.717) is 31.8 Å². The average molecular weight is 329 g/mol. The van der Waals surface area contributed by atoms with Gasteiger partial charge < -0.3 is 14.7 Å². The van der Waals surface area contributed by atoms with Gasteiger partial charge in [0.25, 0.3) is 5.91 Å². The average Bonchev–Trinajstić information content (AvgIpc) is 3.11. The topological polar surface area (TPSA) is 67.6 Å². The van der Waals surface area contributed by atoms with Gasteiger partial charge in [0.2, 0.25) is 0 Å². The maximum Gasteiger partial charge on any atom is 0.274 e. The highest BCUT2D eigenvalue weighted by Crippen LogP contribution is 2.24. The Kier molecular flexibility index (Phi) is 4.97. The Balaban J connectivity index is 1.75. The van der Waals surface area contributed by atoms with E-state index in [1.165, 1.54) is 0 Å². The van der Waals surface area contributed by atoms with Crippen molar-refractivity contribution in [2.45, 2.75) is 25.5 Å². The molecule has 1 aromatic heterocycles. The Labute approximate surface area is 141 Å². The number of amides is 1. The van der Waals surface area contributed by atoms with Crippen LogP contribution in [0.4, 0.5) is 0 Å². The summed E-state index contributed by atoms with van der Waals surface area (Å²) in [7, 11) is 0. The summed E-state index contributed by atoms with van der Waals surface area (Å²) in [4.78, 5) is 14.4. The summed E-state index contributed by atoms with van der Waals surface area (Å²) in [6, 6.07) is 11.6. The van der Waals surface area contributed by atoms with Crippen LogP contribution in [0.5, 0.6) is 0 Å². The normalized spacial score (nSPS) is 21.0. The molecule has 1 aliphatic rings. The summed E-state index contributed by atoms with van der Waals surface area (Å²) in [6.45, 7) is 3.85. The molecule has 0 bridgehead atoms. The summed E-state index contributed by atoms with van der Waals surface area (Å²) in [5.41, 5.74) is 0.754. The van der Waals surface area contributed by atoms with Gasteiger partial charge in [0.15, 0.2) is 0 Å². The molecule has 2 aromatic rings. The SMILES string of the molecule is CCn1ccc(C(=O)N2CCO[C@@](CO)(Cc3ccccc3)C2)n1. The molecule has 1 fully saturated rings. The van der Waals surface area contributed by atoms with Gasteiger partial charge in [0.05, 0.1) is 19.8 Å². The number of aryl methyl sites for hydroxylation is 1. The first-order chi connectivity index (χ1) is 11.7. The van der Waals surface area contributed by atoms with Gasteiger partial charge >= 0.3 is 0 Å². The largest absolute Gasteiger partial charge is 0.393 e. The van der Waals surface area contributed by atoms with Gasteiger partial charge in [0.1, 0.15) is 11.3 Å². The molecule has 6 heteroatoms. The quantitative estimate of drug-likeness (QED) is 0.899. The van der Waals surface area contributed by atoms with Crippen LogP contribution in [-0.4, -0.2) is 57.6 Å². The summed E-state index contributed by atoms with van der Waals surface area (Å²) in [5, 5.41) is 14.2. The van der Waals surface area contributed by atoms with Crippen LogP contribution in [0.15, 0.2) is 42.6 Å². The zero-order valence-corrected chi connectivity index (χ0v) is 13.9. The Morgan fingerprint density at radius 3 is 2.79 bits per heavy atom. The van der Waals surface area contributed by atoms with Crippen molar-refractivity contribution in [1.29, 1.82) is 0 Å². The standard InChI is InChI=1S/C18H23N3O3/c1-2-21-9-8-16(19-21)17(23)20-10-11-24-18(13-20,14-22)12-15-6-4-3-5-7-15/h3-9,22H,2,10-14H2,1H3/t18-/m0/s1. The maximum absolute atomic E-state index is 12.7. The monoisotopic (exact) mass is 329 g/mol. The van der Waals surface area contributed by atoms with Crippen molar-refractivity contribution in [2.75, 3.05) is 26.3 Å². The molecule has 128 valence electrons. The number of hydrogen-bond acceptors (Lipinski definition) is 4. The molecule has 1 atom stereocenters. The second-order valence-electron chi connectivity index (χ2n) is 6.14. The molecule has 24 heavy (non-hydrogen) atoms. The van der Waals surface area contributed by atoms with E-state index in [1.807, 2.05) is 37.3 Å². The van der Waals surface area contributed by atoms with Crippen molar-refractivity contribution in [3.05, 3.63) is 53.9 Å². The number of aliphatic hydroxyl groups excluding tert-OH is 1. The number of ether oxygens (including phenoxy) is 1. The van der Waals surface area contributed by atoms with Crippen LogP contribution in [-0.2, 0) is 17.7 Å². The molecule has 0 saturated carbocycles. The number of carbonyl (C=O) groups is 1. The predicted molar refractivity (Wildman–Crippen MR) is 89.7 cm³/mol. The maximum atomic E-state index is 12.7. The summed E-state index contributed by atoms with van der Waals surface area (Å²) in [5.74, 6) is -0.114. The van der Waals surface area contributed by atoms with Crippen molar-refractivity contribution in [1.82, 2.24) is 14.7 Å². The first-order valence-corrected chi connectivity index (χ1v) is 8.27. The van der Waals surface area contributed by atoms with Crippen LogP contribution < -0.4 is 0 Å². The summed E-state index contributed by atoms with van der Waals surface area (Å²) in [6.07, 6.45) is 2.37. The van der Waals surface area contributed by atoms with Gasteiger partial charge in [-0.25, -0.2) is 0 Å². The van der Waals surface area contributed by atoms with E-state index >= 15 is 0 Å². The van der Waals surface area contributed by atoms with Crippen molar-refractivity contribution in [3.63, 3.8) is 0 Å². The van der Waals surface area contributed by atoms with E-state index in [1.54, 1.807) is 21.8 Å². The molecule has 1 aliphatic heterocycles. The van der Waals surface area contributed by atoms with Crippen molar-refractivity contribution in [3.8, 4) is 0 Å². The fourth-order valence-corrected chi connectivity index (χ4v) is 3.06. The van der Waals surface area contributed by atoms with Crippen LogP contribution in [0.3, 0.4) is 0 Å². The van der Waals surface area contributed by atoms with E-state index in [-0.39, 0.29) is 12.5 Å². The van der Waals surface area contributed by atoms with Gasteiger partial charge in [-0.3, -0.25) is 9.48 Å². The Morgan fingerprint density at radius 1 is 1.33 bits per heavy atom. The minimum absolute atomic E-state index is 0.114. The van der Waals surface area contributed by atoms with E-state index in [4.69, 9.17) is 4.74 Å². The molecular formula is C18H23N3O3. The lowest BCUT2D eigenvalue weighted by atomic mass is 9.93. The second kappa shape index (κ2) is 7.15. The molecule has 0 unspecified atom stereocenters. The fourth-order valence-electron chi connectivity index (χ4n) is 3.06. The fraction of sp³-hybridized carbons (Fsp3) is 0.444. The number of hydrogen-bond donors (Lipinski definition) is 1. The Bertz CT molecular complexity index is 686. The predicted octanol–water partition coefficient (Wildman–Crippen LogP) is 1.35. The molecule has 1 saturated heterocycles. The van der Waals surface area contributed by atoms with Gasteiger partial charge in [-0.05, 0) is 18.6 Å². The molecule has 1 aromatic carbocycles. The van der Waals surface area contributed by atoms with Gasteiger partial charge in [0, 0.05) is 25.7 Å². The third-order valence-corrected chi connectivity index (χ3v) is 4.38. The first-order valence-electron chi connectivity index (χ1n) is 8.27. The van der Waals surface area contributed by atoms with Crippen LogP contribution in [0.25, 0.3) is 0 Å². The number of rotatable bonds is 5. The van der Waals surface area contributed by atoms with Crippen LogP contribution in [0.1, 0.15) is 23.0 Å². The number of morpholine rings is 1. The lowest BCUT2D eigenvalue weighted by Crippen LogP contribution is -2.56. The molecule has 1 N–H and O–H groups in total. The smallest absolute Gasteiger partial charge is 0.274 e. The van der Waals surface area contributed by atoms with E-state index in [9.17, 15) is 9.90 Å². The molecule has 6 nitrogen and oxygen atoms in total. The minimum Gasteiger partial charge on any atom is -0.393 e. The molecular weight excluding hydrogens is 306 g/mol. The summed E-state index contributed by atoms with van der Waals surface area (Å²) < 4.78 is 7.62. The minimum atomic E-state index is -0.761. The highest BCUT2D eigenvalue weighted by atomic mass is 16.5. The van der Waals surface area contributed by atoms with Gasteiger partial charge in [-0.2, -0.15) is 5.10 Å². The lowest BCUT2D eigenvalue weighted by Gasteiger charge is -2.41. The number of carbonyl (C=O) groups excluding carboxylic acids is 1.